The van der Waals surface area contributed by atoms with E-state index in [1.807, 2.05) is 37.3 Å². The Hall–Kier alpha value is -1.37. The summed E-state index contributed by atoms with van der Waals surface area (Å²) < 4.78 is 0. The summed E-state index contributed by atoms with van der Waals surface area (Å²) in [5.74, 6) is -0.0906. The highest BCUT2D eigenvalue weighted by molar-refractivity contribution is 5.85. The number of carbonyl (C=O) groups is 1. The maximum absolute atomic E-state index is 12.3. The first-order chi connectivity index (χ1) is 9.63. The predicted molar refractivity (Wildman–Crippen MR) is 79.8 cm³/mol. The van der Waals surface area contributed by atoms with Crippen LogP contribution >= 0.6 is 0 Å². The average Bonchev–Trinajstić information content (AvgIpc) is 2.47. The van der Waals surface area contributed by atoms with Crippen molar-refractivity contribution in [2.45, 2.75) is 31.1 Å². The fourth-order valence-corrected chi connectivity index (χ4v) is 2.75. The van der Waals surface area contributed by atoms with Crippen LogP contribution in [0.25, 0.3) is 0 Å². The second-order valence-corrected chi connectivity index (χ2v) is 5.38. The van der Waals surface area contributed by atoms with Crippen LogP contribution in [0.3, 0.4) is 0 Å². The van der Waals surface area contributed by atoms with Gasteiger partial charge in [-0.1, -0.05) is 6.08 Å². The Bertz CT molecular complexity index is 400. The van der Waals surface area contributed by atoms with E-state index in [1.165, 1.54) is 0 Å². The lowest BCUT2D eigenvalue weighted by Gasteiger charge is -2.34. The molecule has 2 heterocycles. The molecule has 1 saturated heterocycles. The number of piperidine rings is 1. The van der Waals surface area contributed by atoms with Gasteiger partial charge in [-0.2, -0.15) is 0 Å². The summed E-state index contributed by atoms with van der Waals surface area (Å²) in [6.45, 7) is 1.90. The Kier molecular flexibility index (Phi) is 5.17. The van der Waals surface area contributed by atoms with Crippen molar-refractivity contribution in [3.63, 3.8) is 0 Å². The first kappa shape index (κ1) is 15.0. The highest BCUT2D eigenvalue weighted by Gasteiger charge is 2.28. The second kappa shape index (κ2) is 6.88. The minimum Gasteiger partial charge on any atom is -0.361 e. The number of amides is 1. The summed E-state index contributed by atoms with van der Waals surface area (Å²) in [6, 6.07) is -0.380. The fraction of sp³-hybridized carbons (Fsp3) is 0.643. The third kappa shape index (κ3) is 3.39. The van der Waals surface area contributed by atoms with Crippen molar-refractivity contribution >= 4 is 5.91 Å². The van der Waals surface area contributed by atoms with Crippen LogP contribution in [-0.2, 0) is 4.79 Å². The Morgan fingerprint density at radius 2 is 2.20 bits per heavy atom. The lowest BCUT2D eigenvalue weighted by molar-refractivity contribution is -0.122. The lowest BCUT2D eigenvalue weighted by atomic mass is 9.99. The molecule has 2 aliphatic rings. The second-order valence-electron chi connectivity index (χ2n) is 5.38. The Morgan fingerprint density at radius 1 is 1.50 bits per heavy atom. The van der Waals surface area contributed by atoms with Gasteiger partial charge in [0.15, 0.2) is 0 Å². The number of carbonyl (C=O) groups excluding carboxylic acids is 1. The van der Waals surface area contributed by atoms with Gasteiger partial charge >= 0.3 is 0 Å². The smallest absolute Gasteiger partial charge is 0.241 e. The zero-order chi connectivity index (χ0) is 14.5. The maximum Gasteiger partial charge on any atom is 0.241 e. The van der Waals surface area contributed by atoms with E-state index in [0.29, 0.717) is 0 Å². The van der Waals surface area contributed by atoms with E-state index < -0.39 is 6.04 Å². The minimum absolute atomic E-state index is 0.0335. The molecule has 0 bridgehead atoms. The SMILES string of the molecule is CNC1C(C(N)C(=O)NC2CCNCC2)=CC=CN1C. The molecule has 0 saturated carbocycles. The van der Waals surface area contributed by atoms with Crippen LogP contribution in [0.4, 0.5) is 0 Å². The van der Waals surface area contributed by atoms with E-state index in [9.17, 15) is 4.79 Å². The van der Waals surface area contributed by atoms with Crippen molar-refractivity contribution in [3.8, 4) is 0 Å². The van der Waals surface area contributed by atoms with Gasteiger partial charge < -0.3 is 21.3 Å². The molecule has 0 aromatic carbocycles. The van der Waals surface area contributed by atoms with Gasteiger partial charge in [0.05, 0.1) is 0 Å². The maximum atomic E-state index is 12.3. The van der Waals surface area contributed by atoms with Crippen molar-refractivity contribution in [2.75, 3.05) is 27.2 Å². The van der Waals surface area contributed by atoms with Gasteiger partial charge in [0.25, 0.3) is 0 Å². The molecule has 0 spiro atoms. The van der Waals surface area contributed by atoms with Crippen molar-refractivity contribution in [1.29, 1.82) is 0 Å². The van der Waals surface area contributed by atoms with Crippen LogP contribution in [0.2, 0.25) is 0 Å². The number of rotatable bonds is 4. The van der Waals surface area contributed by atoms with Crippen LogP contribution < -0.4 is 21.7 Å². The van der Waals surface area contributed by atoms with E-state index in [2.05, 4.69) is 16.0 Å². The summed E-state index contributed by atoms with van der Waals surface area (Å²) >= 11 is 0. The number of hydrogen-bond acceptors (Lipinski definition) is 5. The quantitative estimate of drug-likeness (QED) is 0.537. The Labute approximate surface area is 120 Å². The molecular formula is C14H25N5O. The monoisotopic (exact) mass is 279 g/mol. The summed E-state index contributed by atoms with van der Waals surface area (Å²) in [5, 5.41) is 9.52. The largest absolute Gasteiger partial charge is 0.361 e. The number of nitrogens with one attached hydrogen (secondary N) is 3. The predicted octanol–water partition coefficient (Wildman–Crippen LogP) is -0.887. The highest BCUT2D eigenvalue weighted by atomic mass is 16.2. The highest BCUT2D eigenvalue weighted by Crippen LogP contribution is 2.16. The van der Waals surface area contributed by atoms with Gasteiger partial charge in [-0.15, -0.1) is 0 Å². The van der Waals surface area contributed by atoms with Gasteiger partial charge in [-0.05, 0) is 44.6 Å². The van der Waals surface area contributed by atoms with Crippen LogP contribution in [0.5, 0.6) is 0 Å². The Morgan fingerprint density at radius 3 is 2.85 bits per heavy atom. The lowest BCUT2D eigenvalue weighted by Crippen LogP contribution is -2.54. The molecule has 0 aromatic heterocycles. The zero-order valence-corrected chi connectivity index (χ0v) is 12.2. The average molecular weight is 279 g/mol. The number of nitrogens with zero attached hydrogens (tertiary/aromatic N) is 1. The third-order valence-corrected chi connectivity index (χ3v) is 3.93. The molecule has 2 aliphatic heterocycles. The van der Waals surface area contributed by atoms with E-state index in [0.717, 1.165) is 31.5 Å². The molecule has 0 aromatic rings. The first-order valence-electron chi connectivity index (χ1n) is 7.17. The molecule has 6 heteroatoms. The minimum atomic E-state index is -0.616. The molecule has 6 nitrogen and oxygen atoms in total. The molecule has 112 valence electrons. The van der Waals surface area contributed by atoms with Gasteiger partial charge in [0, 0.05) is 19.3 Å². The molecule has 2 atom stereocenters. The number of nitrogens with two attached hydrogens (primary N) is 1. The van der Waals surface area contributed by atoms with Crippen LogP contribution in [0.1, 0.15) is 12.8 Å². The molecule has 2 unspecified atom stereocenters. The van der Waals surface area contributed by atoms with Crippen molar-refractivity contribution in [2.24, 2.45) is 5.73 Å². The summed E-state index contributed by atoms with van der Waals surface area (Å²) in [4.78, 5) is 14.3. The van der Waals surface area contributed by atoms with E-state index >= 15 is 0 Å². The van der Waals surface area contributed by atoms with E-state index in [4.69, 9.17) is 5.73 Å². The molecule has 0 radical (unpaired) electrons. The molecule has 0 aliphatic carbocycles. The first-order valence-corrected chi connectivity index (χ1v) is 7.17. The standard InChI is InChI=1S/C14H25N5O/c1-16-13-11(4-3-9-19(13)2)12(15)14(20)18-10-5-7-17-8-6-10/h3-4,9-10,12-13,16-17H,5-8,15H2,1-2H3,(H,18,20). The van der Waals surface area contributed by atoms with E-state index in [-0.39, 0.29) is 18.1 Å². The molecule has 20 heavy (non-hydrogen) atoms. The third-order valence-electron chi connectivity index (χ3n) is 3.93. The molecule has 5 N–H and O–H groups in total. The van der Waals surface area contributed by atoms with Crippen molar-refractivity contribution < 1.29 is 4.79 Å². The van der Waals surface area contributed by atoms with Crippen LogP contribution in [0, 0.1) is 0 Å². The Balaban J connectivity index is 1.98. The molecular weight excluding hydrogens is 254 g/mol. The van der Waals surface area contributed by atoms with Crippen LogP contribution in [-0.4, -0.2) is 56.2 Å². The van der Waals surface area contributed by atoms with Crippen molar-refractivity contribution in [1.82, 2.24) is 20.9 Å². The van der Waals surface area contributed by atoms with E-state index in [1.54, 1.807) is 0 Å². The normalized spacial score (nSPS) is 25.2. The molecule has 1 amide bonds. The fourth-order valence-electron chi connectivity index (χ4n) is 2.75. The number of likely N-dealkylation sites (N-methyl/N-ethyl adjacent to an activating group) is 2. The number of allylic oxidation sites excluding steroid dienone is 2. The molecule has 2 rings (SSSR count). The van der Waals surface area contributed by atoms with Gasteiger partial charge in [-0.25, -0.2) is 0 Å². The topological polar surface area (TPSA) is 82.4 Å². The summed E-state index contributed by atoms with van der Waals surface area (Å²) in [7, 11) is 3.83. The number of hydrogen-bond donors (Lipinski definition) is 4. The zero-order valence-electron chi connectivity index (χ0n) is 12.2. The van der Waals surface area contributed by atoms with Gasteiger partial charge in [0.1, 0.15) is 12.2 Å². The summed E-state index contributed by atoms with van der Waals surface area (Å²) in [6.07, 6.45) is 7.70. The summed E-state index contributed by atoms with van der Waals surface area (Å²) in [5.41, 5.74) is 7.03. The van der Waals surface area contributed by atoms with Crippen molar-refractivity contribution in [3.05, 3.63) is 23.9 Å². The van der Waals surface area contributed by atoms with Gasteiger partial charge in [0.2, 0.25) is 5.91 Å². The van der Waals surface area contributed by atoms with Gasteiger partial charge in [-0.3, -0.25) is 10.1 Å². The van der Waals surface area contributed by atoms with Crippen LogP contribution in [0.15, 0.2) is 23.9 Å². The molecule has 1 fully saturated rings.